The largest absolute Gasteiger partial charge is 0.439 e. The molecule has 0 aliphatic heterocycles. The summed E-state index contributed by atoms with van der Waals surface area (Å²) in [6.07, 6.45) is 2.95. The first-order chi connectivity index (χ1) is 15.6. The molecule has 2 aromatic carbocycles. The van der Waals surface area contributed by atoms with Crippen molar-refractivity contribution < 1.29 is 18.7 Å². The van der Waals surface area contributed by atoms with E-state index < -0.39 is 0 Å². The topological polar surface area (TPSA) is 56.6 Å². The van der Waals surface area contributed by atoms with Crippen LogP contribution in [0, 0.1) is 11.7 Å². The number of nitrogens with zero attached hydrogens (tertiary/aromatic N) is 3. The zero-order chi connectivity index (χ0) is 22.5. The highest BCUT2D eigenvalue weighted by molar-refractivity contribution is 5.77. The van der Waals surface area contributed by atoms with Crippen LogP contribution in [0.3, 0.4) is 0 Å². The number of para-hydroxylation sites is 1. The van der Waals surface area contributed by atoms with Gasteiger partial charge in [-0.3, -0.25) is 4.79 Å². The smallest absolute Gasteiger partial charge is 0.248 e. The van der Waals surface area contributed by atoms with Gasteiger partial charge in [-0.25, -0.2) is 9.07 Å². The van der Waals surface area contributed by atoms with Crippen molar-refractivity contribution in [1.29, 1.82) is 0 Å². The molecule has 1 saturated carbocycles. The minimum absolute atomic E-state index is 0.0369. The second-order valence-corrected chi connectivity index (χ2v) is 8.04. The first-order valence-electron chi connectivity index (χ1n) is 10.9. The van der Waals surface area contributed by atoms with Gasteiger partial charge >= 0.3 is 0 Å². The van der Waals surface area contributed by atoms with E-state index in [1.807, 2.05) is 42.2 Å². The molecule has 1 aromatic heterocycles. The molecule has 1 aliphatic rings. The summed E-state index contributed by atoms with van der Waals surface area (Å²) in [5.41, 5.74) is 2.38. The molecule has 7 heteroatoms. The lowest BCUT2D eigenvalue weighted by atomic mass is 10.1. The Kier molecular flexibility index (Phi) is 6.85. The maximum absolute atomic E-state index is 13.5. The SMILES string of the molecule is CCc1nn(-c2ccc(F)cc2)c(Oc2ccccc2)c1CN(CC1CC1)C(=O)COC. The molecule has 4 rings (SSSR count). The van der Waals surface area contributed by atoms with Crippen LogP contribution in [0.1, 0.15) is 31.0 Å². The van der Waals surface area contributed by atoms with Crippen molar-refractivity contribution in [2.45, 2.75) is 32.7 Å². The van der Waals surface area contributed by atoms with Crippen molar-refractivity contribution in [2.24, 2.45) is 5.92 Å². The monoisotopic (exact) mass is 437 g/mol. The van der Waals surface area contributed by atoms with Crippen molar-refractivity contribution in [3.8, 4) is 17.3 Å². The van der Waals surface area contributed by atoms with Gasteiger partial charge in [0.25, 0.3) is 0 Å². The first-order valence-corrected chi connectivity index (χ1v) is 10.9. The van der Waals surface area contributed by atoms with Crippen molar-refractivity contribution in [2.75, 3.05) is 20.3 Å². The molecule has 6 nitrogen and oxygen atoms in total. The standard InChI is InChI=1S/C25H28FN3O3/c1-3-23-22(16-28(15-18-9-10-18)24(30)17-31-2)25(32-21-7-5-4-6-8-21)29(27-23)20-13-11-19(26)12-14-20/h4-8,11-14,18H,3,9-10,15-17H2,1-2H3. The van der Waals surface area contributed by atoms with Gasteiger partial charge in [0.1, 0.15) is 18.2 Å². The Labute approximate surface area is 187 Å². The van der Waals surface area contributed by atoms with Crippen LogP contribution >= 0.6 is 0 Å². The molecule has 1 amide bonds. The molecule has 0 saturated heterocycles. The Morgan fingerprint density at radius 1 is 1.16 bits per heavy atom. The van der Waals surface area contributed by atoms with Crippen LogP contribution in [0.5, 0.6) is 11.6 Å². The normalized spacial score (nSPS) is 13.2. The van der Waals surface area contributed by atoms with E-state index in [2.05, 4.69) is 0 Å². The number of carbonyl (C=O) groups excluding carboxylic acids is 1. The van der Waals surface area contributed by atoms with Gasteiger partial charge in [0, 0.05) is 13.7 Å². The number of aromatic nitrogens is 2. The van der Waals surface area contributed by atoms with Crippen molar-refractivity contribution in [3.63, 3.8) is 0 Å². The van der Waals surface area contributed by atoms with E-state index in [0.717, 1.165) is 24.1 Å². The van der Waals surface area contributed by atoms with Crippen LogP contribution in [-0.2, 0) is 22.5 Å². The summed E-state index contributed by atoms with van der Waals surface area (Å²) >= 11 is 0. The third-order valence-corrected chi connectivity index (χ3v) is 5.53. The Balaban J connectivity index is 1.76. The van der Waals surface area contributed by atoms with E-state index in [1.54, 1.807) is 16.8 Å². The van der Waals surface area contributed by atoms with E-state index in [9.17, 15) is 9.18 Å². The van der Waals surface area contributed by atoms with Crippen LogP contribution in [0.15, 0.2) is 54.6 Å². The summed E-state index contributed by atoms with van der Waals surface area (Å²) in [7, 11) is 1.53. The van der Waals surface area contributed by atoms with Gasteiger partial charge in [-0.1, -0.05) is 25.1 Å². The fraction of sp³-hybridized carbons (Fsp3) is 0.360. The number of methoxy groups -OCH3 is 1. The summed E-state index contributed by atoms with van der Waals surface area (Å²) in [4.78, 5) is 14.6. The second-order valence-electron chi connectivity index (χ2n) is 8.04. The predicted molar refractivity (Wildman–Crippen MR) is 119 cm³/mol. The Morgan fingerprint density at radius 2 is 1.88 bits per heavy atom. The lowest BCUT2D eigenvalue weighted by Crippen LogP contribution is -2.35. The quantitative estimate of drug-likeness (QED) is 0.459. The van der Waals surface area contributed by atoms with E-state index in [1.165, 1.54) is 19.2 Å². The van der Waals surface area contributed by atoms with E-state index in [-0.39, 0.29) is 18.3 Å². The van der Waals surface area contributed by atoms with Gasteiger partial charge in [-0.2, -0.15) is 5.10 Å². The van der Waals surface area contributed by atoms with Crippen molar-refractivity contribution >= 4 is 5.91 Å². The van der Waals surface area contributed by atoms with Gasteiger partial charge in [0.15, 0.2) is 0 Å². The highest BCUT2D eigenvalue weighted by atomic mass is 19.1. The Morgan fingerprint density at radius 3 is 2.50 bits per heavy atom. The van der Waals surface area contributed by atoms with E-state index in [0.29, 0.717) is 42.7 Å². The molecule has 0 N–H and O–H groups in total. The van der Waals surface area contributed by atoms with Gasteiger partial charge in [0.2, 0.25) is 11.8 Å². The highest BCUT2D eigenvalue weighted by Crippen LogP contribution is 2.34. The molecule has 1 fully saturated rings. The van der Waals surface area contributed by atoms with Crippen molar-refractivity contribution in [3.05, 3.63) is 71.7 Å². The maximum Gasteiger partial charge on any atom is 0.248 e. The van der Waals surface area contributed by atoms with E-state index in [4.69, 9.17) is 14.6 Å². The predicted octanol–water partition coefficient (Wildman–Crippen LogP) is 4.75. The third kappa shape index (κ3) is 5.16. The van der Waals surface area contributed by atoms with Gasteiger partial charge in [0.05, 0.1) is 23.5 Å². The zero-order valence-corrected chi connectivity index (χ0v) is 18.5. The number of halogens is 1. The molecule has 0 unspecified atom stereocenters. The number of hydrogen-bond donors (Lipinski definition) is 0. The number of hydrogen-bond acceptors (Lipinski definition) is 4. The van der Waals surface area contributed by atoms with Gasteiger partial charge in [-0.15, -0.1) is 0 Å². The molecule has 0 radical (unpaired) electrons. The van der Waals surface area contributed by atoms with Gasteiger partial charge < -0.3 is 14.4 Å². The molecular formula is C25H28FN3O3. The van der Waals surface area contributed by atoms with E-state index >= 15 is 0 Å². The summed E-state index contributed by atoms with van der Waals surface area (Å²) < 4.78 is 26.7. The Hall–Kier alpha value is -3.19. The maximum atomic E-state index is 13.5. The molecule has 0 atom stereocenters. The minimum atomic E-state index is -0.317. The number of carbonyl (C=O) groups is 1. The van der Waals surface area contributed by atoms with Crippen LogP contribution in [0.25, 0.3) is 5.69 Å². The molecule has 0 spiro atoms. The van der Waals surface area contributed by atoms with Crippen LogP contribution in [0.4, 0.5) is 4.39 Å². The first kappa shape index (κ1) is 22.0. The molecule has 3 aromatic rings. The summed E-state index contributed by atoms with van der Waals surface area (Å²) in [6, 6.07) is 15.6. The summed E-state index contributed by atoms with van der Waals surface area (Å²) in [5.74, 6) is 1.36. The van der Waals surface area contributed by atoms with Gasteiger partial charge in [-0.05, 0) is 61.6 Å². The molecule has 0 bridgehead atoms. The summed E-state index contributed by atoms with van der Waals surface area (Å²) in [5, 5.41) is 4.78. The second kappa shape index (κ2) is 9.96. The van der Waals surface area contributed by atoms with Crippen LogP contribution < -0.4 is 4.74 Å². The van der Waals surface area contributed by atoms with Crippen LogP contribution in [-0.4, -0.2) is 40.8 Å². The van der Waals surface area contributed by atoms with Crippen LogP contribution in [0.2, 0.25) is 0 Å². The lowest BCUT2D eigenvalue weighted by molar-refractivity contribution is -0.136. The minimum Gasteiger partial charge on any atom is -0.439 e. The Bertz CT molecular complexity index is 1050. The number of amides is 1. The third-order valence-electron chi connectivity index (χ3n) is 5.53. The van der Waals surface area contributed by atoms with Crippen molar-refractivity contribution in [1.82, 2.24) is 14.7 Å². The average Bonchev–Trinajstić information content (AvgIpc) is 3.56. The lowest BCUT2D eigenvalue weighted by Gasteiger charge is -2.23. The fourth-order valence-electron chi connectivity index (χ4n) is 3.66. The fourth-order valence-corrected chi connectivity index (χ4v) is 3.66. The molecule has 168 valence electrons. The number of aryl methyl sites for hydroxylation is 1. The highest BCUT2D eigenvalue weighted by Gasteiger charge is 2.29. The summed E-state index contributed by atoms with van der Waals surface area (Å²) in [6.45, 7) is 3.13. The molecule has 1 aliphatic carbocycles. The number of rotatable bonds is 10. The molecule has 32 heavy (non-hydrogen) atoms. The zero-order valence-electron chi connectivity index (χ0n) is 18.5. The number of ether oxygens (including phenoxy) is 2. The number of benzene rings is 2. The molecular weight excluding hydrogens is 409 g/mol. The molecule has 1 heterocycles. The average molecular weight is 438 g/mol.